The lowest BCUT2D eigenvalue weighted by Gasteiger charge is -2.23. The smallest absolute Gasteiger partial charge is 0.251 e. The maximum absolute atomic E-state index is 14.1. The van der Waals surface area contributed by atoms with Crippen LogP contribution in [0.1, 0.15) is 46.4 Å². The Balaban J connectivity index is 1.67. The SMILES string of the molecule is Nc1ncc(C2CCOCC2)nc1-c1ccccc1[C@@H](CF)NC(=O)c1ccccc1. The molecule has 6 nitrogen and oxygen atoms in total. The molecule has 1 aliphatic rings. The van der Waals surface area contributed by atoms with E-state index in [-0.39, 0.29) is 17.6 Å². The standard InChI is InChI=1S/C24H25FN4O2/c25-14-20(29-24(30)17-6-2-1-3-7-17)18-8-4-5-9-19(18)22-23(26)27-15-21(28-22)16-10-12-31-13-11-16/h1-9,15-16,20H,10-14H2,(H2,26,27)(H,29,30)/t20-/m1/s1. The van der Waals surface area contributed by atoms with Crippen LogP contribution in [-0.2, 0) is 4.74 Å². The summed E-state index contributed by atoms with van der Waals surface area (Å²) in [6, 6.07) is 15.2. The molecule has 2 aromatic carbocycles. The number of nitrogens with one attached hydrogen (secondary N) is 1. The van der Waals surface area contributed by atoms with Gasteiger partial charge in [-0.2, -0.15) is 0 Å². The number of hydrogen-bond acceptors (Lipinski definition) is 5. The van der Waals surface area contributed by atoms with Gasteiger partial charge in [-0.3, -0.25) is 4.79 Å². The summed E-state index contributed by atoms with van der Waals surface area (Å²) in [5.74, 6) is 0.186. The molecule has 2 heterocycles. The summed E-state index contributed by atoms with van der Waals surface area (Å²) in [5, 5.41) is 2.79. The van der Waals surface area contributed by atoms with E-state index in [4.69, 9.17) is 15.5 Å². The number of nitrogen functional groups attached to an aromatic ring is 1. The first-order valence-electron chi connectivity index (χ1n) is 10.4. The highest BCUT2D eigenvalue weighted by atomic mass is 19.1. The minimum absolute atomic E-state index is 0.252. The molecule has 4 rings (SSSR count). The molecule has 3 aromatic rings. The van der Waals surface area contributed by atoms with E-state index in [1.165, 1.54) is 0 Å². The first kappa shape index (κ1) is 20.9. The molecular formula is C24H25FN4O2. The van der Waals surface area contributed by atoms with Crippen LogP contribution in [0.2, 0.25) is 0 Å². The van der Waals surface area contributed by atoms with E-state index >= 15 is 0 Å². The van der Waals surface area contributed by atoms with Crippen molar-refractivity contribution in [3.63, 3.8) is 0 Å². The molecule has 1 amide bonds. The van der Waals surface area contributed by atoms with Crippen molar-refractivity contribution < 1.29 is 13.9 Å². The number of nitrogens with two attached hydrogens (primary N) is 1. The highest BCUT2D eigenvalue weighted by Gasteiger charge is 2.23. The van der Waals surface area contributed by atoms with E-state index < -0.39 is 12.7 Å². The molecule has 0 bridgehead atoms. The van der Waals surface area contributed by atoms with E-state index in [1.54, 1.807) is 36.5 Å². The number of hydrogen-bond donors (Lipinski definition) is 2. The molecule has 1 atom stereocenters. The molecular weight excluding hydrogens is 395 g/mol. The van der Waals surface area contributed by atoms with Crippen LogP contribution in [0.3, 0.4) is 0 Å². The van der Waals surface area contributed by atoms with Crippen LogP contribution in [-0.4, -0.2) is 35.8 Å². The topological polar surface area (TPSA) is 90.1 Å². The second kappa shape index (κ2) is 9.66. The summed E-state index contributed by atoms with van der Waals surface area (Å²) < 4.78 is 19.5. The Labute approximate surface area is 180 Å². The third-order valence-electron chi connectivity index (χ3n) is 5.55. The van der Waals surface area contributed by atoms with Gasteiger partial charge in [-0.15, -0.1) is 0 Å². The van der Waals surface area contributed by atoms with Crippen molar-refractivity contribution in [3.8, 4) is 11.3 Å². The number of amides is 1. The van der Waals surface area contributed by atoms with Gasteiger partial charge in [0.25, 0.3) is 5.91 Å². The molecule has 1 aromatic heterocycles. The average Bonchev–Trinajstić information content (AvgIpc) is 2.84. The highest BCUT2D eigenvalue weighted by Crippen LogP contribution is 2.33. The van der Waals surface area contributed by atoms with Gasteiger partial charge in [0.1, 0.15) is 18.2 Å². The van der Waals surface area contributed by atoms with Crippen molar-refractivity contribution in [2.45, 2.75) is 24.8 Å². The first-order valence-corrected chi connectivity index (χ1v) is 10.4. The van der Waals surface area contributed by atoms with Crippen molar-refractivity contribution in [2.75, 3.05) is 25.6 Å². The zero-order valence-electron chi connectivity index (χ0n) is 17.1. The molecule has 0 aliphatic carbocycles. The number of aromatic nitrogens is 2. The molecule has 0 saturated carbocycles. The molecule has 0 unspecified atom stereocenters. The van der Waals surface area contributed by atoms with E-state index in [1.807, 2.05) is 24.3 Å². The third-order valence-corrected chi connectivity index (χ3v) is 5.55. The number of carbonyl (C=O) groups is 1. The van der Waals surface area contributed by atoms with Crippen molar-refractivity contribution in [2.24, 2.45) is 0 Å². The zero-order valence-corrected chi connectivity index (χ0v) is 17.1. The number of halogens is 1. The van der Waals surface area contributed by atoms with Crippen LogP contribution in [0, 0.1) is 0 Å². The van der Waals surface area contributed by atoms with Crippen LogP contribution in [0.5, 0.6) is 0 Å². The molecule has 1 aliphatic heterocycles. The van der Waals surface area contributed by atoms with Gasteiger partial charge < -0.3 is 15.8 Å². The van der Waals surface area contributed by atoms with Crippen LogP contribution < -0.4 is 11.1 Å². The molecule has 160 valence electrons. The Kier molecular flexibility index (Phi) is 6.52. The van der Waals surface area contributed by atoms with Gasteiger partial charge in [0.2, 0.25) is 0 Å². The fraction of sp³-hybridized carbons (Fsp3) is 0.292. The summed E-state index contributed by atoms with van der Waals surface area (Å²) in [6.45, 7) is 0.624. The summed E-state index contributed by atoms with van der Waals surface area (Å²) in [6.07, 6.45) is 3.46. The number of carbonyl (C=O) groups excluding carboxylic acids is 1. The number of nitrogens with zero attached hydrogens (tertiary/aromatic N) is 2. The summed E-state index contributed by atoms with van der Waals surface area (Å²) >= 11 is 0. The average molecular weight is 420 g/mol. The maximum Gasteiger partial charge on any atom is 0.251 e. The van der Waals surface area contributed by atoms with Crippen LogP contribution >= 0.6 is 0 Å². The van der Waals surface area contributed by atoms with Gasteiger partial charge in [-0.25, -0.2) is 14.4 Å². The zero-order chi connectivity index (χ0) is 21.6. The van der Waals surface area contributed by atoms with Gasteiger partial charge in [0.15, 0.2) is 0 Å². The Hall–Kier alpha value is -3.32. The fourth-order valence-electron chi connectivity index (χ4n) is 3.85. The Bertz CT molecular complexity index is 1040. The molecule has 0 radical (unpaired) electrons. The van der Waals surface area contributed by atoms with Crippen LogP contribution in [0.4, 0.5) is 10.2 Å². The van der Waals surface area contributed by atoms with Crippen LogP contribution in [0.15, 0.2) is 60.8 Å². The number of anilines is 1. The monoisotopic (exact) mass is 420 g/mol. The quantitative estimate of drug-likeness (QED) is 0.628. The maximum atomic E-state index is 14.1. The fourth-order valence-corrected chi connectivity index (χ4v) is 3.85. The van der Waals surface area contributed by atoms with Crippen molar-refractivity contribution in [1.82, 2.24) is 15.3 Å². The Morgan fingerprint density at radius 3 is 2.58 bits per heavy atom. The highest BCUT2D eigenvalue weighted by molar-refractivity contribution is 5.94. The van der Waals surface area contributed by atoms with E-state index in [2.05, 4.69) is 10.3 Å². The van der Waals surface area contributed by atoms with E-state index in [9.17, 15) is 9.18 Å². The molecule has 1 fully saturated rings. The van der Waals surface area contributed by atoms with Crippen molar-refractivity contribution in [3.05, 3.63) is 77.6 Å². The van der Waals surface area contributed by atoms with E-state index in [0.717, 1.165) is 18.5 Å². The number of rotatable bonds is 6. The largest absolute Gasteiger partial charge is 0.382 e. The van der Waals surface area contributed by atoms with Crippen molar-refractivity contribution >= 4 is 11.7 Å². The Morgan fingerprint density at radius 2 is 1.84 bits per heavy atom. The predicted molar refractivity (Wildman–Crippen MR) is 117 cm³/mol. The number of alkyl halides is 1. The van der Waals surface area contributed by atoms with Crippen LogP contribution in [0.25, 0.3) is 11.3 Å². The minimum Gasteiger partial charge on any atom is -0.382 e. The molecule has 7 heteroatoms. The summed E-state index contributed by atoms with van der Waals surface area (Å²) in [7, 11) is 0. The first-order chi connectivity index (χ1) is 15.2. The second-order valence-electron chi connectivity index (χ2n) is 7.55. The lowest BCUT2D eigenvalue weighted by atomic mass is 9.95. The second-order valence-corrected chi connectivity index (χ2v) is 7.55. The van der Waals surface area contributed by atoms with Gasteiger partial charge in [-0.1, -0.05) is 42.5 Å². The molecule has 0 spiro atoms. The van der Waals surface area contributed by atoms with Crippen molar-refractivity contribution in [1.29, 1.82) is 0 Å². The lowest BCUT2D eigenvalue weighted by molar-refractivity contribution is 0.0844. The number of ether oxygens (including phenoxy) is 1. The van der Waals surface area contributed by atoms with E-state index in [0.29, 0.717) is 35.6 Å². The number of benzene rings is 2. The lowest BCUT2D eigenvalue weighted by Crippen LogP contribution is -2.30. The minimum atomic E-state index is -0.836. The Morgan fingerprint density at radius 1 is 1.13 bits per heavy atom. The molecule has 31 heavy (non-hydrogen) atoms. The summed E-state index contributed by atoms with van der Waals surface area (Å²) in [5.41, 5.74) is 9.28. The third kappa shape index (κ3) is 4.72. The predicted octanol–water partition coefficient (Wildman–Crippen LogP) is 4.06. The normalized spacial score (nSPS) is 15.4. The van der Waals surface area contributed by atoms with Gasteiger partial charge in [0.05, 0.1) is 17.9 Å². The van der Waals surface area contributed by atoms with Gasteiger partial charge in [0, 0.05) is 30.3 Å². The summed E-state index contributed by atoms with van der Waals surface area (Å²) in [4.78, 5) is 21.8. The van der Waals surface area contributed by atoms with Gasteiger partial charge >= 0.3 is 0 Å². The van der Waals surface area contributed by atoms with Gasteiger partial charge in [-0.05, 0) is 30.5 Å². The molecule has 1 saturated heterocycles. The molecule has 3 N–H and O–H groups in total.